The number of ether oxygens (including phenoxy) is 1. The average Bonchev–Trinajstić information content (AvgIpc) is 3.50. The van der Waals surface area contributed by atoms with E-state index < -0.39 is 24.2 Å². The maximum Gasteiger partial charge on any atom is 0.251 e. The Morgan fingerprint density at radius 3 is 2.46 bits per heavy atom. The number of aliphatic hydroxyl groups excluding tert-OH is 2. The fourth-order valence-electron chi connectivity index (χ4n) is 9.48. The molecule has 2 unspecified atom stereocenters. The number of likely N-dealkylation sites (N-methyl/N-ethyl adjacent to an activating group) is 1. The van der Waals surface area contributed by atoms with E-state index in [0.717, 1.165) is 17.5 Å². The predicted octanol–water partition coefficient (Wildman–Crippen LogP) is 5.58. The summed E-state index contributed by atoms with van der Waals surface area (Å²) >= 11 is 6.67. The summed E-state index contributed by atoms with van der Waals surface area (Å²) in [6.07, 6.45) is 1.12. The van der Waals surface area contributed by atoms with Gasteiger partial charge in [0.25, 0.3) is 5.91 Å². The first-order valence-corrected chi connectivity index (χ1v) is 19.6. The summed E-state index contributed by atoms with van der Waals surface area (Å²) in [5.74, 6) is 0.878. The van der Waals surface area contributed by atoms with Crippen molar-refractivity contribution in [3.63, 3.8) is 0 Å². The van der Waals surface area contributed by atoms with Crippen molar-refractivity contribution in [2.75, 3.05) is 34.4 Å². The first-order valence-electron chi connectivity index (χ1n) is 19.2. The summed E-state index contributed by atoms with van der Waals surface area (Å²) in [7, 11) is 5.55. The Bertz CT molecular complexity index is 1790. The molecule has 4 N–H and O–H groups in total. The van der Waals surface area contributed by atoms with Gasteiger partial charge in [0.1, 0.15) is 17.9 Å². The molecule has 4 fully saturated rings. The van der Waals surface area contributed by atoms with Crippen molar-refractivity contribution in [1.29, 1.82) is 0 Å². The number of nitrogens with one attached hydrogen (secondary N) is 2. The molecular weight excluding hydrogens is 704 g/mol. The molecule has 2 bridgehead atoms. The van der Waals surface area contributed by atoms with Gasteiger partial charge >= 0.3 is 0 Å². The zero-order chi connectivity index (χ0) is 38.9. The van der Waals surface area contributed by atoms with Gasteiger partial charge in [0.05, 0.1) is 26.4 Å². The van der Waals surface area contributed by atoms with Crippen molar-refractivity contribution < 1.29 is 29.4 Å². The Morgan fingerprint density at radius 1 is 1.09 bits per heavy atom. The number of halogens is 1. The van der Waals surface area contributed by atoms with Crippen molar-refractivity contribution in [3.8, 4) is 16.9 Å². The summed E-state index contributed by atoms with van der Waals surface area (Å²) in [4.78, 5) is 36.3. The van der Waals surface area contributed by atoms with Crippen LogP contribution in [0.3, 0.4) is 0 Å². The maximum atomic E-state index is 14.2. The maximum absolute atomic E-state index is 14.2. The number of rotatable bonds is 14. The van der Waals surface area contributed by atoms with Gasteiger partial charge in [0.2, 0.25) is 5.91 Å². The molecule has 3 aliphatic carbocycles. The zero-order valence-electron chi connectivity index (χ0n) is 32.6. The molecule has 54 heavy (non-hydrogen) atoms. The van der Waals surface area contributed by atoms with E-state index in [1.54, 1.807) is 31.2 Å². The number of hydrogen-bond acceptors (Lipinski definition) is 8. The van der Waals surface area contributed by atoms with Crippen LogP contribution in [0.1, 0.15) is 62.0 Å². The fourth-order valence-corrected chi connectivity index (χ4v) is 9.71. The third-order valence-electron chi connectivity index (χ3n) is 12.4. The number of nitrogens with zero attached hydrogens (tertiary/aromatic N) is 2. The average molecular weight is 761 g/mol. The molecule has 9 atom stereocenters. The highest BCUT2D eigenvalue weighted by Crippen LogP contribution is 2.61. The smallest absolute Gasteiger partial charge is 0.251 e. The van der Waals surface area contributed by atoms with Crippen LogP contribution in [0.5, 0.6) is 5.75 Å². The lowest BCUT2D eigenvalue weighted by molar-refractivity contribution is -0.183. The minimum atomic E-state index is -0.909. The van der Waals surface area contributed by atoms with Gasteiger partial charge in [-0.3, -0.25) is 14.4 Å². The second-order valence-corrected chi connectivity index (χ2v) is 17.0. The van der Waals surface area contributed by atoms with Crippen LogP contribution in [0, 0.1) is 29.1 Å². The number of carbonyl (C=O) groups is 2. The van der Waals surface area contributed by atoms with Crippen molar-refractivity contribution in [2.45, 2.75) is 83.8 Å². The van der Waals surface area contributed by atoms with E-state index in [0.29, 0.717) is 58.2 Å². The molecule has 4 aliphatic rings. The topological polar surface area (TPSA) is 124 Å². The molecule has 7 rings (SSSR count). The molecule has 1 heterocycles. The van der Waals surface area contributed by atoms with Gasteiger partial charge in [0.15, 0.2) is 0 Å². The minimum absolute atomic E-state index is 0.0301. The van der Waals surface area contributed by atoms with Crippen LogP contribution in [0.15, 0.2) is 66.7 Å². The van der Waals surface area contributed by atoms with Crippen molar-refractivity contribution in [3.05, 3.63) is 88.4 Å². The van der Waals surface area contributed by atoms with E-state index in [2.05, 4.69) is 48.4 Å². The van der Waals surface area contributed by atoms with Gasteiger partial charge in [-0.25, -0.2) is 0 Å². The number of hydrogen-bond donors (Lipinski definition) is 4. The number of amides is 2. The van der Waals surface area contributed by atoms with Crippen LogP contribution in [0.25, 0.3) is 11.1 Å². The summed E-state index contributed by atoms with van der Waals surface area (Å²) in [5, 5.41) is 29.8. The number of benzene rings is 3. The third-order valence-corrected chi connectivity index (χ3v) is 12.6. The number of hydroxylamine groups is 2. The molecule has 11 heteroatoms. The van der Waals surface area contributed by atoms with Crippen molar-refractivity contribution in [2.24, 2.45) is 29.1 Å². The standard InChI is InChI=1S/C43H57ClN4O6/c1-25-35-20-31(43(35,3)4)21-36(25)46-42(52)39-38(26(2)50)37(24-49)54-48(39)22-28-14-11-15-34(40(28)53-7)29-17-30(19-32(44)18-29)41(51)45-33(23-47(5)6)16-27-12-9-8-10-13-27/h8-15,17-19,25-26,31,33,35-39,49-50H,16,20-24H2,1-7H3,(H,45,51)(H,46,52)/t25-,26-,31+,33?,35-,36-,37-,38?,39-/m0/s1. The van der Waals surface area contributed by atoms with Crippen LogP contribution in [-0.4, -0.2) is 96.7 Å². The molecule has 3 aromatic rings. The number of methoxy groups -OCH3 is 1. The Hall–Kier alpha value is -3.51. The lowest BCUT2D eigenvalue weighted by Crippen LogP contribution is -2.62. The van der Waals surface area contributed by atoms with Gasteiger partial charge in [-0.2, -0.15) is 5.06 Å². The number of fused-ring (bicyclic) bond motifs is 2. The van der Waals surface area contributed by atoms with E-state index in [-0.39, 0.29) is 42.5 Å². The number of para-hydroxylation sites is 1. The highest BCUT2D eigenvalue weighted by molar-refractivity contribution is 6.31. The second-order valence-electron chi connectivity index (χ2n) is 16.6. The summed E-state index contributed by atoms with van der Waals surface area (Å²) in [6, 6.07) is 20.1. The van der Waals surface area contributed by atoms with E-state index in [1.807, 2.05) is 56.6 Å². The minimum Gasteiger partial charge on any atom is -0.496 e. The Morgan fingerprint density at radius 2 is 1.83 bits per heavy atom. The van der Waals surface area contributed by atoms with Gasteiger partial charge in [-0.1, -0.05) is 80.9 Å². The molecule has 3 saturated carbocycles. The summed E-state index contributed by atoms with van der Waals surface area (Å²) in [5.41, 5.74) is 3.96. The molecule has 0 aromatic heterocycles. The largest absolute Gasteiger partial charge is 0.496 e. The van der Waals surface area contributed by atoms with Crippen LogP contribution < -0.4 is 15.4 Å². The van der Waals surface area contributed by atoms with Crippen LogP contribution >= 0.6 is 11.6 Å². The molecule has 0 radical (unpaired) electrons. The van der Waals surface area contributed by atoms with Crippen molar-refractivity contribution >= 4 is 23.4 Å². The van der Waals surface area contributed by atoms with E-state index in [1.165, 1.54) is 6.42 Å². The molecule has 292 valence electrons. The highest BCUT2D eigenvalue weighted by Gasteiger charge is 2.57. The quantitative estimate of drug-likeness (QED) is 0.168. The lowest BCUT2D eigenvalue weighted by Gasteiger charge is -2.62. The third kappa shape index (κ3) is 8.34. The van der Waals surface area contributed by atoms with Gasteiger partial charge in [-0.15, -0.1) is 0 Å². The van der Waals surface area contributed by atoms with Gasteiger partial charge in [-0.05, 0) is 92.8 Å². The summed E-state index contributed by atoms with van der Waals surface area (Å²) < 4.78 is 6.02. The molecule has 10 nitrogen and oxygen atoms in total. The zero-order valence-corrected chi connectivity index (χ0v) is 33.3. The molecule has 3 aromatic carbocycles. The van der Waals surface area contributed by atoms with E-state index in [9.17, 15) is 19.8 Å². The normalized spacial score (nSPS) is 27.2. The van der Waals surface area contributed by atoms with E-state index in [4.69, 9.17) is 21.2 Å². The Kier molecular flexibility index (Phi) is 12.4. The van der Waals surface area contributed by atoms with Gasteiger partial charge in [0, 0.05) is 46.3 Å². The van der Waals surface area contributed by atoms with Crippen LogP contribution in [0.2, 0.25) is 5.02 Å². The first-order chi connectivity index (χ1) is 25.7. The molecule has 2 amide bonds. The van der Waals surface area contributed by atoms with Crippen LogP contribution in [0.4, 0.5) is 0 Å². The first kappa shape index (κ1) is 40.2. The van der Waals surface area contributed by atoms with Crippen LogP contribution in [-0.2, 0) is 22.6 Å². The number of carbonyl (C=O) groups excluding carboxylic acids is 2. The van der Waals surface area contributed by atoms with Crippen molar-refractivity contribution in [1.82, 2.24) is 20.6 Å². The van der Waals surface area contributed by atoms with Gasteiger partial charge < -0.3 is 30.5 Å². The molecule has 0 spiro atoms. The Labute approximate surface area is 325 Å². The molecule has 1 aliphatic heterocycles. The highest BCUT2D eigenvalue weighted by atomic mass is 35.5. The Balaban J connectivity index is 1.25. The molecular formula is C43H57ClN4O6. The fraction of sp³-hybridized carbons (Fsp3) is 0.535. The number of aliphatic hydroxyl groups is 2. The van der Waals surface area contributed by atoms with E-state index >= 15 is 0 Å². The lowest BCUT2D eigenvalue weighted by atomic mass is 9.45. The monoisotopic (exact) mass is 760 g/mol. The summed E-state index contributed by atoms with van der Waals surface area (Å²) in [6.45, 7) is 8.99. The molecule has 1 saturated heterocycles. The second kappa shape index (κ2) is 16.7. The predicted molar refractivity (Wildman–Crippen MR) is 211 cm³/mol. The SMILES string of the molecule is COc1c(CN2O[C@@H](CO)C([C@H](C)O)[C@H]2C(=O)N[C@H]2C[C@H]3C[C@@H]([C@@H]2C)C3(C)C)cccc1-c1cc(Cl)cc(C(=O)NC(Cc2ccccc2)CN(C)C)c1.